The van der Waals surface area contributed by atoms with E-state index in [4.69, 9.17) is 10.4 Å². The zero-order valence-corrected chi connectivity index (χ0v) is 11.7. The molecule has 1 N–H and O–H groups in total. The van der Waals surface area contributed by atoms with Gasteiger partial charge in [0.2, 0.25) is 0 Å². The molecular weight excluding hydrogens is 246 g/mol. The molecule has 19 heavy (non-hydrogen) atoms. The van der Waals surface area contributed by atoms with Crippen LogP contribution in [-0.4, -0.2) is 52.6 Å². The highest BCUT2D eigenvalue weighted by Crippen LogP contribution is 2.25. The minimum absolute atomic E-state index is 0.166. The average molecular weight is 267 g/mol. The number of carbonyl (C=O) groups excluding carboxylic acids is 1. The van der Waals surface area contributed by atoms with Gasteiger partial charge in [0.05, 0.1) is 17.9 Å². The molecule has 1 aliphatic rings. The van der Waals surface area contributed by atoms with Crippen molar-refractivity contribution in [2.75, 3.05) is 19.6 Å². The summed E-state index contributed by atoms with van der Waals surface area (Å²) in [5.74, 6) is -1.57. The largest absolute Gasteiger partial charge is 0.481 e. The molecule has 0 radical (unpaired) electrons. The summed E-state index contributed by atoms with van der Waals surface area (Å²) in [4.78, 5) is 26.6. The Morgan fingerprint density at radius 1 is 1.58 bits per heavy atom. The number of hydrogen-bond donors (Lipinski definition) is 1. The van der Waals surface area contributed by atoms with E-state index in [1.165, 1.54) is 0 Å². The lowest BCUT2D eigenvalue weighted by Crippen LogP contribution is -2.47. The summed E-state index contributed by atoms with van der Waals surface area (Å²) in [5.41, 5.74) is 0. The van der Waals surface area contributed by atoms with Crippen molar-refractivity contribution in [1.82, 2.24) is 9.80 Å². The van der Waals surface area contributed by atoms with Crippen LogP contribution in [0.3, 0.4) is 0 Å². The lowest BCUT2D eigenvalue weighted by Gasteiger charge is -2.31. The molecule has 0 aromatic heterocycles. The van der Waals surface area contributed by atoms with Crippen molar-refractivity contribution in [2.24, 2.45) is 11.8 Å². The Hall–Kier alpha value is -1.77. The Morgan fingerprint density at radius 2 is 2.21 bits per heavy atom. The van der Waals surface area contributed by atoms with Crippen molar-refractivity contribution >= 4 is 12.0 Å². The maximum absolute atomic E-state index is 12.4. The number of nitrogens with zero attached hydrogens (tertiary/aromatic N) is 3. The molecule has 1 saturated heterocycles. The van der Waals surface area contributed by atoms with Gasteiger partial charge in [0, 0.05) is 25.7 Å². The zero-order valence-electron chi connectivity index (χ0n) is 11.7. The van der Waals surface area contributed by atoms with Crippen molar-refractivity contribution in [3.63, 3.8) is 0 Å². The molecule has 2 amide bonds. The Labute approximate surface area is 113 Å². The molecule has 0 aromatic carbocycles. The fourth-order valence-corrected chi connectivity index (χ4v) is 2.44. The van der Waals surface area contributed by atoms with Crippen LogP contribution in [0.15, 0.2) is 0 Å². The molecular formula is C13H21N3O3. The summed E-state index contributed by atoms with van der Waals surface area (Å²) < 4.78 is 0. The fourth-order valence-electron chi connectivity index (χ4n) is 2.44. The maximum atomic E-state index is 12.4. The molecule has 0 saturated carbocycles. The van der Waals surface area contributed by atoms with Gasteiger partial charge in [-0.2, -0.15) is 5.26 Å². The van der Waals surface area contributed by atoms with Crippen LogP contribution in [0.1, 0.15) is 27.2 Å². The van der Waals surface area contributed by atoms with E-state index in [0.717, 1.165) is 0 Å². The van der Waals surface area contributed by atoms with Gasteiger partial charge >= 0.3 is 12.0 Å². The van der Waals surface area contributed by atoms with Gasteiger partial charge < -0.3 is 14.9 Å². The molecule has 0 aliphatic carbocycles. The molecule has 106 valence electrons. The van der Waals surface area contributed by atoms with Gasteiger partial charge in [-0.25, -0.2) is 4.79 Å². The van der Waals surface area contributed by atoms with Crippen LogP contribution < -0.4 is 0 Å². The molecule has 0 spiro atoms. The van der Waals surface area contributed by atoms with Crippen molar-refractivity contribution < 1.29 is 14.7 Å². The predicted molar refractivity (Wildman–Crippen MR) is 69.3 cm³/mol. The molecule has 3 atom stereocenters. The van der Waals surface area contributed by atoms with Crippen molar-refractivity contribution in [3.05, 3.63) is 0 Å². The number of amides is 2. The van der Waals surface area contributed by atoms with E-state index in [1.807, 2.05) is 6.92 Å². The first kappa shape index (κ1) is 15.3. The summed E-state index contributed by atoms with van der Waals surface area (Å²) in [5, 5.41) is 17.9. The summed E-state index contributed by atoms with van der Waals surface area (Å²) in [6.45, 7) is 6.76. The van der Waals surface area contributed by atoms with Gasteiger partial charge in [-0.15, -0.1) is 0 Å². The van der Waals surface area contributed by atoms with E-state index < -0.39 is 11.9 Å². The Kier molecular flexibility index (Phi) is 5.16. The Bertz CT molecular complexity index is 391. The van der Waals surface area contributed by atoms with E-state index in [-0.39, 0.29) is 18.0 Å². The molecule has 0 bridgehead atoms. The third-order valence-corrected chi connectivity index (χ3v) is 3.68. The van der Waals surface area contributed by atoms with Crippen LogP contribution in [0.4, 0.5) is 4.79 Å². The average Bonchev–Trinajstić information content (AvgIpc) is 2.76. The third-order valence-electron chi connectivity index (χ3n) is 3.68. The number of likely N-dealkylation sites (tertiary alicyclic amines) is 1. The standard InChI is InChI=1S/C13H21N3O3/c1-4-15(8-9(2)7-14)13(19)16-6-5-11(10(16)3)12(17)18/h9-11H,4-6,8H2,1-3H3,(H,17,18). The topological polar surface area (TPSA) is 84.6 Å². The predicted octanol–water partition coefficient (Wildman–Crippen LogP) is 1.38. The molecule has 1 rings (SSSR count). The highest BCUT2D eigenvalue weighted by atomic mass is 16.4. The van der Waals surface area contributed by atoms with Gasteiger partial charge in [-0.05, 0) is 27.2 Å². The number of carboxylic acid groups (broad SMARTS) is 1. The number of carbonyl (C=O) groups is 2. The molecule has 3 unspecified atom stereocenters. The summed E-state index contributed by atoms with van der Waals surface area (Å²) in [6.07, 6.45) is 0.494. The van der Waals surface area contributed by atoms with Gasteiger partial charge in [-0.1, -0.05) is 0 Å². The first-order valence-electron chi connectivity index (χ1n) is 6.60. The third kappa shape index (κ3) is 3.37. The van der Waals surface area contributed by atoms with Crippen LogP contribution in [-0.2, 0) is 4.79 Å². The summed E-state index contributed by atoms with van der Waals surface area (Å²) >= 11 is 0. The van der Waals surface area contributed by atoms with Crippen molar-refractivity contribution in [3.8, 4) is 6.07 Å². The number of urea groups is 1. The summed E-state index contributed by atoms with van der Waals surface area (Å²) in [6, 6.07) is 1.65. The zero-order chi connectivity index (χ0) is 14.6. The van der Waals surface area contributed by atoms with E-state index in [0.29, 0.717) is 26.1 Å². The van der Waals surface area contributed by atoms with Crippen LogP contribution in [0.2, 0.25) is 0 Å². The quantitative estimate of drug-likeness (QED) is 0.834. The van der Waals surface area contributed by atoms with Gasteiger partial charge in [0.25, 0.3) is 0 Å². The van der Waals surface area contributed by atoms with E-state index in [9.17, 15) is 9.59 Å². The normalized spacial score (nSPS) is 23.8. The minimum atomic E-state index is -0.851. The number of rotatable bonds is 4. The van der Waals surface area contributed by atoms with Crippen molar-refractivity contribution in [1.29, 1.82) is 5.26 Å². The van der Waals surface area contributed by atoms with Crippen LogP contribution in [0, 0.1) is 23.2 Å². The second-order valence-corrected chi connectivity index (χ2v) is 5.02. The lowest BCUT2D eigenvalue weighted by molar-refractivity contribution is -0.142. The first-order valence-corrected chi connectivity index (χ1v) is 6.60. The lowest BCUT2D eigenvalue weighted by atomic mass is 10.0. The van der Waals surface area contributed by atoms with Crippen LogP contribution in [0.5, 0.6) is 0 Å². The van der Waals surface area contributed by atoms with E-state index in [1.54, 1.807) is 23.6 Å². The fraction of sp³-hybridized carbons (Fsp3) is 0.769. The molecule has 6 heteroatoms. The van der Waals surface area contributed by atoms with Crippen LogP contribution >= 0.6 is 0 Å². The first-order chi connectivity index (χ1) is 8.92. The van der Waals surface area contributed by atoms with Crippen LogP contribution in [0.25, 0.3) is 0 Å². The molecule has 1 heterocycles. The number of aliphatic carboxylic acids is 1. The maximum Gasteiger partial charge on any atom is 0.320 e. The minimum Gasteiger partial charge on any atom is -0.481 e. The van der Waals surface area contributed by atoms with Crippen molar-refractivity contribution in [2.45, 2.75) is 33.2 Å². The molecule has 1 aliphatic heterocycles. The SMILES string of the molecule is CCN(CC(C)C#N)C(=O)N1CCC(C(=O)O)C1C. The molecule has 6 nitrogen and oxygen atoms in total. The molecule has 1 fully saturated rings. The molecule has 0 aromatic rings. The van der Waals surface area contributed by atoms with Gasteiger partial charge in [-0.3, -0.25) is 4.79 Å². The van der Waals surface area contributed by atoms with E-state index in [2.05, 4.69) is 6.07 Å². The summed E-state index contributed by atoms with van der Waals surface area (Å²) in [7, 11) is 0. The Balaban J connectivity index is 2.72. The highest BCUT2D eigenvalue weighted by molar-refractivity contribution is 5.78. The second kappa shape index (κ2) is 6.41. The Morgan fingerprint density at radius 3 is 2.63 bits per heavy atom. The number of carboxylic acids is 1. The number of hydrogen-bond acceptors (Lipinski definition) is 3. The highest BCUT2D eigenvalue weighted by Gasteiger charge is 2.39. The monoisotopic (exact) mass is 267 g/mol. The number of nitriles is 1. The smallest absolute Gasteiger partial charge is 0.320 e. The van der Waals surface area contributed by atoms with Gasteiger partial charge in [0.15, 0.2) is 0 Å². The van der Waals surface area contributed by atoms with Gasteiger partial charge in [0.1, 0.15) is 0 Å². The second-order valence-electron chi connectivity index (χ2n) is 5.02. The van der Waals surface area contributed by atoms with E-state index >= 15 is 0 Å².